The van der Waals surface area contributed by atoms with Crippen molar-refractivity contribution >= 4 is 11.6 Å². The van der Waals surface area contributed by atoms with Crippen LogP contribution in [0.15, 0.2) is 54.9 Å². The molecule has 1 amide bonds. The summed E-state index contributed by atoms with van der Waals surface area (Å²) < 4.78 is 12.5. The van der Waals surface area contributed by atoms with Crippen LogP contribution in [-0.2, 0) is 11.3 Å². The number of ether oxygens (including phenoxy) is 2. The van der Waals surface area contributed by atoms with E-state index in [0.717, 1.165) is 11.3 Å². The Bertz CT molecular complexity index is 780. The number of nitrogens with zero attached hydrogens (tertiary/aromatic N) is 2. The number of hydrogen-bond donors (Lipinski definition) is 1. The van der Waals surface area contributed by atoms with Crippen LogP contribution in [0.5, 0.6) is 11.5 Å². The fourth-order valence-corrected chi connectivity index (χ4v) is 2.15. The summed E-state index contributed by atoms with van der Waals surface area (Å²) in [4.78, 5) is 16.3. The summed E-state index contributed by atoms with van der Waals surface area (Å²) in [5.74, 6) is 1.07. The minimum Gasteiger partial charge on any atom is -0.497 e. The zero-order valence-corrected chi connectivity index (χ0v) is 12.7. The molecule has 3 aromatic rings. The second-order valence-corrected chi connectivity index (χ2v) is 4.94. The van der Waals surface area contributed by atoms with Crippen molar-refractivity contribution in [2.45, 2.75) is 6.54 Å². The number of nitrogens with one attached hydrogen (secondary N) is 1. The summed E-state index contributed by atoms with van der Waals surface area (Å²) in [5, 5.41) is 2.79. The van der Waals surface area contributed by atoms with E-state index in [2.05, 4.69) is 10.3 Å². The minimum atomic E-state index is -0.204. The fraction of sp³-hybridized carbons (Fsp3) is 0.176. The second kappa shape index (κ2) is 6.83. The average Bonchev–Trinajstić information content (AvgIpc) is 3.01. The number of pyridine rings is 1. The zero-order chi connectivity index (χ0) is 16.1. The van der Waals surface area contributed by atoms with Crippen LogP contribution in [0.25, 0.3) is 5.65 Å². The van der Waals surface area contributed by atoms with Crippen LogP contribution in [0, 0.1) is 0 Å². The number of aromatic nitrogens is 2. The fourth-order valence-electron chi connectivity index (χ4n) is 2.15. The number of carbonyl (C=O) groups excluding carboxylic acids is 1. The monoisotopic (exact) mass is 311 g/mol. The highest BCUT2D eigenvalue weighted by atomic mass is 16.5. The van der Waals surface area contributed by atoms with Gasteiger partial charge in [-0.2, -0.15) is 0 Å². The van der Waals surface area contributed by atoms with Gasteiger partial charge in [0.25, 0.3) is 5.91 Å². The van der Waals surface area contributed by atoms with E-state index in [9.17, 15) is 4.79 Å². The Hall–Kier alpha value is -3.02. The van der Waals surface area contributed by atoms with Gasteiger partial charge in [-0.25, -0.2) is 4.98 Å². The number of amides is 1. The van der Waals surface area contributed by atoms with Crippen molar-refractivity contribution in [2.75, 3.05) is 13.7 Å². The molecular weight excluding hydrogens is 294 g/mol. The molecule has 23 heavy (non-hydrogen) atoms. The first-order valence-corrected chi connectivity index (χ1v) is 7.21. The van der Waals surface area contributed by atoms with E-state index >= 15 is 0 Å². The first kappa shape index (κ1) is 14.9. The Labute approximate surface area is 133 Å². The van der Waals surface area contributed by atoms with Crippen LogP contribution >= 0.6 is 0 Å². The standard InChI is InChI=1S/C17H17N3O3/c1-22-14-5-4-6-15(9-14)23-12-17(21)18-10-13-11-20-8-3-2-7-16(20)19-13/h2-9,11H,10,12H2,1H3,(H,18,21). The smallest absolute Gasteiger partial charge is 0.258 e. The lowest BCUT2D eigenvalue weighted by Gasteiger charge is -2.07. The maximum Gasteiger partial charge on any atom is 0.258 e. The van der Waals surface area contributed by atoms with Gasteiger partial charge in [-0.15, -0.1) is 0 Å². The average molecular weight is 311 g/mol. The van der Waals surface area contributed by atoms with Crippen molar-refractivity contribution in [1.82, 2.24) is 14.7 Å². The molecular formula is C17H17N3O3. The van der Waals surface area contributed by atoms with Crippen LogP contribution in [0.4, 0.5) is 0 Å². The number of carbonyl (C=O) groups is 1. The zero-order valence-electron chi connectivity index (χ0n) is 12.7. The summed E-state index contributed by atoms with van der Waals surface area (Å²) in [5.41, 5.74) is 1.65. The maximum atomic E-state index is 11.9. The first-order chi connectivity index (χ1) is 11.2. The molecule has 2 heterocycles. The summed E-state index contributed by atoms with van der Waals surface area (Å²) in [6.07, 6.45) is 3.80. The molecule has 3 rings (SSSR count). The van der Waals surface area contributed by atoms with Gasteiger partial charge in [0.1, 0.15) is 17.1 Å². The lowest BCUT2D eigenvalue weighted by Crippen LogP contribution is -2.28. The molecule has 0 unspecified atom stereocenters. The highest BCUT2D eigenvalue weighted by molar-refractivity contribution is 5.77. The molecule has 6 heteroatoms. The SMILES string of the molecule is COc1cccc(OCC(=O)NCc2cn3ccccc3n2)c1. The molecule has 118 valence electrons. The quantitative estimate of drug-likeness (QED) is 0.756. The first-order valence-electron chi connectivity index (χ1n) is 7.21. The largest absolute Gasteiger partial charge is 0.497 e. The number of methoxy groups -OCH3 is 1. The molecule has 0 saturated carbocycles. The molecule has 0 aliphatic heterocycles. The maximum absolute atomic E-state index is 11.9. The molecule has 0 atom stereocenters. The van der Waals surface area contributed by atoms with Crippen molar-refractivity contribution in [3.63, 3.8) is 0 Å². The van der Waals surface area contributed by atoms with Gasteiger partial charge < -0.3 is 19.2 Å². The van der Waals surface area contributed by atoms with Gasteiger partial charge in [-0.05, 0) is 24.3 Å². The van der Waals surface area contributed by atoms with E-state index < -0.39 is 0 Å². The van der Waals surface area contributed by atoms with Gasteiger partial charge in [0.15, 0.2) is 6.61 Å². The summed E-state index contributed by atoms with van der Waals surface area (Å²) in [6.45, 7) is 0.308. The summed E-state index contributed by atoms with van der Waals surface area (Å²) in [7, 11) is 1.58. The van der Waals surface area contributed by atoms with Gasteiger partial charge >= 0.3 is 0 Å². The number of benzene rings is 1. The molecule has 0 fully saturated rings. The van der Waals surface area contributed by atoms with Crippen molar-refractivity contribution in [1.29, 1.82) is 0 Å². The van der Waals surface area contributed by atoms with E-state index in [0.29, 0.717) is 18.0 Å². The summed E-state index contributed by atoms with van der Waals surface area (Å²) >= 11 is 0. The van der Waals surface area contributed by atoms with Crippen LogP contribution in [0.3, 0.4) is 0 Å². The van der Waals surface area contributed by atoms with E-state index in [1.165, 1.54) is 0 Å². The molecule has 2 aromatic heterocycles. The second-order valence-electron chi connectivity index (χ2n) is 4.94. The lowest BCUT2D eigenvalue weighted by atomic mass is 10.3. The third-order valence-corrected chi connectivity index (χ3v) is 3.29. The third kappa shape index (κ3) is 3.79. The van der Waals surface area contributed by atoms with Gasteiger partial charge in [-0.3, -0.25) is 4.79 Å². The van der Waals surface area contributed by atoms with E-state index in [-0.39, 0.29) is 12.5 Å². The van der Waals surface area contributed by atoms with Gasteiger partial charge in [-0.1, -0.05) is 12.1 Å². The summed E-state index contributed by atoms with van der Waals surface area (Å²) in [6, 6.07) is 12.9. The van der Waals surface area contributed by atoms with Crippen LogP contribution in [0.2, 0.25) is 0 Å². The molecule has 0 aliphatic rings. The third-order valence-electron chi connectivity index (χ3n) is 3.29. The molecule has 0 aliphatic carbocycles. The minimum absolute atomic E-state index is 0.0550. The van der Waals surface area contributed by atoms with Gasteiger partial charge in [0, 0.05) is 18.5 Å². The highest BCUT2D eigenvalue weighted by Gasteiger charge is 2.06. The molecule has 1 aromatic carbocycles. The van der Waals surface area contributed by atoms with Crippen molar-refractivity contribution in [3.05, 3.63) is 60.6 Å². The molecule has 0 saturated heterocycles. The Morgan fingerprint density at radius 1 is 1.22 bits per heavy atom. The molecule has 6 nitrogen and oxygen atoms in total. The van der Waals surface area contributed by atoms with E-state index in [4.69, 9.17) is 9.47 Å². The van der Waals surface area contributed by atoms with Crippen molar-refractivity contribution in [2.24, 2.45) is 0 Å². The van der Waals surface area contributed by atoms with Gasteiger partial charge in [0.05, 0.1) is 19.3 Å². The molecule has 0 spiro atoms. The van der Waals surface area contributed by atoms with Crippen LogP contribution in [0.1, 0.15) is 5.69 Å². The van der Waals surface area contributed by atoms with Crippen LogP contribution < -0.4 is 14.8 Å². The predicted molar refractivity (Wildman–Crippen MR) is 85.5 cm³/mol. The molecule has 0 radical (unpaired) electrons. The molecule has 0 bridgehead atoms. The van der Waals surface area contributed by atoms with E-state index in [1.807, 2.05) is 47.1 Å². The molecule has 1 N–H and O–H groups in total. The number of imidazole rings is 1. The predicted octanol–water partition coefficient (Wildman–Crippen LogP) is 2.04. The van der Waals surface area contributed by atoms with Crippen LogP contribution in [-0.4, -0.2) is 29.0 Å². The highest BCUT2D eigenvalue weighted by Crippen LogP contribution is 2.18. The Kier molecular flexibility index (Phi) is 4.42. The number of rotatable bonds is 6. The normalized spacial score (nSPS) is 10.5. The van der Waals surface area contributed by atoms with Crippen molar-refractivity contribution in [3.8, 4) is 11.5 Å². The number of fused-ring (bicyclic) bond motifs is 1. The van der Waals surface area contributed by atoms with Crippen molar-refractivity contribution < 1.29 is 14.3 Å². The Morgan fingerprint density at radius 3 is 2.91 bits per heavy atom. The lowest BCUT2D eigenvalue weighted by molar-refractivity contribution is -0.123. The topological polar surface area (TPSA) is 64.9 Å². The Morgan fingerprint density at radius 2 is 2.09 bits per heavy atom. The van der Waals surface area contributed by atoms with E-state index in [1.54, 1.807) is 19.2 Å². The van der Waals surface area contributed by atoms with Gasteiger partial charge in [0.2, 0.25) is 0 Å². The number of hydrogen-bond acceptors (Lipinski definition) is 4. The Balaban J connectivity index is 1.51.